The van der Waals surface area contributed by atoms with Gasteiger partial charge in [-0.25, -0.2) is 4.98 Å². The molecule has 0 atom stereocenters. The molecule has 3 nitrogen and oxygen atoms in total. The topological polar surface area (TPSA) is 30.7 Å². The van der Waals surface area contributed by atoms with Gasteiger partial charge in [-0.05, 0) is 86.2 Å². The van der Waals surface area contributed by atoms with Gasteiger partial charge < -0.3 is 0 Å². The van der Waals surface area contributed by atoms with Gasteiger partial charge in [0.25, 0.3) is 0 Å². The van der Waals surface area contributed by atoms with Crippen LogP contribution < -0.4 is 0 Å². The Bertz CT molecular complexity index is 2780. The van der Waals surface area contributed by atoms with E-state index in [2.05, 4.69) is 84.9 Å². The molecule has 0 aliphatic rings. The Kier molecular flexibility index (Phi) is 5.32. The summed E-state index contributed by atoms with van der Waals surface area (Å²) in [5.41, 5.74) is 8.34. The Labute approximate surface area is 280 Å². The zero-order valence-corrected chi connectivity index (χ0v) is 25.2. The summed E-state index contributed by atoms with van der Waals surface area (Å²) in [5, 5.41) is 4.39. The van der Waals surface area contributed by atoms with Gasteiger partial charge in [0.15, 0.2) is 0 Å². The van der Waals surface area contributed by atoms with Crippen molar-refractivity contribution in [1.29, 1.82) is 0 Å². The van der Waals surface area contributed by atoms with Crippen molar-refractivity contribution in [2.24, 2.45) is 0 Å². The number of pyridine rings is 1. The molecule has 0 N–H and O–H groups in total. The van der Waals surface area contributed by atoms with Gasteiger partial charge in [0.2, 0.25) is 0 Å². The van der Waals surface area contributed by atoms with Gasteiger partial charge in [-0.1, -0.05) is 127 Å². The van der Waals surface area contributed by atoms with E-state index in [9.17, 15) is 0 Å². The Morgan fingerprint density at radius 2 is 1.13 bits per heavy atom. The maximum absolute atomic E-state index is 8.84. The van der Waals surface area contributed by atoms with Crippen molar-refractivity contribution in [3.8, 4) is 50.6 Å². The Morgan fingerprint density at radius 3 is 1.85 bits per heavy atom. The van der Waals surface area contributed by atoms with Gasteiger partial charge in [-0.3, -0.25) is 9.55 Å². The van der Waals surface area contributed by atoms with Crippen LogP contribution in [0.5, 0.6) is 0 Å². The molecule has 2 aromatic heterocycles. The Balaban J connectivity index is 1.32. The SMILES string of the molecule is [2H]c1c([2H])c([2H])c(-n2c(-c3cccc(-c4c5ccccc5c(-c5ccccc5-c5ccccn5)c5ccccc45)c3)nc3ccccc32)c([2H])c1[2H]. The van der Waals surface area contributed by atoms with Crippen LogP contribution in [0.25, 0.3) is 83.2 Å². The molecule has 3 heteroatoms. The van der Waals surface area contributed by atoms with Crippen molar-refractivity contribution in [1.82, 2.24) is 14.5 Å². The zero-order chi connectivity index (χ0) is 35.5. The van der Waals surface area contributed by atoms with E-state index in [-0.39, 0.29) is 17.8 Å². The second kappa shape index (κ2) is 11.2. The van der Waals surface area contributed by atoms with Gasteiger partial charge in [0.1, 0.15) is 5.82 Å². The second-order valence-corrected chi connectivity index (χ2v) is 11.4. The standard InChI is InChI=1S/C44H29N3/c1-2-17-32(18-3-1)47-41-27-11-10-26-40(41)46-44(47)31-16-14-15-30(29-31)42-35-21-6-8-23-37(35)43(38-24-9-7-22-36(38)42)34-20-5-4-19-33(34)39-25-12-13-28-45-39/h1-29H/i1D,2D,3D,17D,18D. The molecular formula is C44H29N3. The lowest BCUT2D eigenvalue weighted by atomic mass is 9.84. The summed E-state index contributed by atoms with van der Waals surface area (Å²) in [6.07, 6.45) is 1.82. The molecule has 220 valence electrons. The van der Waals surface area contributed by atoms with Crippen molar-refractivity contribution in [2.75, 3.05) is 0 Å². The van der Waals surface area contributed by atoms with E-state index in [1.54, 1.807) is 4.57 Å². The number of hydrogen-bond acceptors (Lipinski definition) is 2. The summed E-state index contributed by atoms with van der Waals surface area (Å²) in [6, 6.07) is 45.2. The molecule has 0 saturated carbocycles. The van der Waals surface area contributed by atoms with Crippen LogP contribution in [-0.4, -0.2) is 14.5 Å². The molecule has 9 rings (SSSR count). The van der Waals surface area contributed by atoms with Crippen molar-refractivity contribution in [3.63, 3.8) is 0 Å². The number of para-hydroxylation sites is 3. The molecule has 0 spiro atoms. The number of rotatable bonds is 5. The third-order valence-corrected chi connectivity index (χ3v) is 8.75. The smallest absolute Gasteiger partial charge is 0.145 e. The largest absolute Gasteiger partial charge is 0.292 e. The van der Waals surface area contributed by atoms with Crippen LogP contribution in [0, 0.1) is 0 Å². The first-order chi connectivity index (χ1) is 25.4. The molecule has 0 aliphatic heterocycles. The third-order valence-electron chi connectivity index (χ3n) is 8.75. The molecule has 0 aliphatic carbocycles. The molecule has 47 heavy (non-hydrogen) atoms. The van der Waals surface area contributed by atoms with Crippen LogP contribution in [0.2, 0.25) is 0 Å². The highest BCUT2D eigenvalue weighted by molar-refractivity contribution is 6.22. The fraction of sp³-hybridized carbons (Fsp3) is 0. The van der Waals surface area contributed by atoms with E-state index in [0.29, 0.717) is 16.9 Å². The summed E-state index contributed by atoms with van der Waals surface area (Å²) < 4.78 is 44.4. The quantitative estimate of drug-likeness (QED) is 0.183. The maximum atomic E-state index is 8.84. The van der Waals surface area contributed by atoms with E-state index in [1.165, 1.54) is 0 Å². The summed E-state index contributed by atoms with van der Waals surface area (Å²) >= 11 is 0. The molecule has 0 unspecified atom stereocenters. The van der Waals surface area contributed by atoms with E-state index in [1.807, 2.05) is 60.8 Å². The van der Waals surface area contributed by atoms with E-state index in [4.69, 9.17) is 16.8 Å². The van der Waals surface area contributed by atoms with E-state index < -0.39 is 18.1 Å². The van der Waals surface area contributed by atoms with Crippen LogP contribution in [0.1, 0.15) is 6.85 Å². The first-order valence-electron chi connectivity index (χ1n) is 18.0. The Morgan fingerprint density at radius 1 is 0.511 bits per heavy atom. The minimum absolute atomic E-state index is 0.0620. The minimum atomic E-state index is -0.434. The van der Waals surface area contributed by atoms with Crippen LogP contribution in [-0.2, 0) is 0 Å². The third kappa shape index (κ3) is 4.52. The predicted octanol–water partition coefficient (Wildman–Crippen LogP) is 11.4. The summed E-state index contributed by atoms with van der Waals surface area (Å²) in [6.45, 7) is 0. The average molecular weight is 605 g/mol. The van der Waals surface area contributed by atoms with E-state index >= 15 is 0 Å². The summed E-state index contributed by atoms with van der Waals surface area (Å²) in [5.74, 6) is 0.483. The summed E-state index contributed by atoms with van der Waals surface area (Å²) in [4.78, 5) is 9.70. The highest BCUT2D eigenvalue weighted by Crippen LogP contribution is 2.46. The molecule has 0 saturated heterocycles. The van der Waals surface area contributed by atoms with Crippen molar-refractivity contribution >= 4 is 32.6 Å². The lowest BCUT2D eigenvalue weighted by Crippen LogP contribution is -1.97. The summed E-state index contributed by atoms with van der Waals surface area (Å²) in [7, 11) is 0. The number of imidazole rings is 1. The lowest BCUT2D eigenvalue weighted by molar-refractivity contribution is 1.10. The minimum Gasteiger partial charge on any atom is -0.292 e. The van der Waals surface area contributed by atoms with Crippen LogP contribution in [0.15, 0.2) is 176 Å². The molecule has 2 heterocycles. The fourth-order valence-electron chi connectivity index (χ4n) is 6.79. The van der Waals surface area contributed by atoms with Crippen molar-refractivity contribution in [3.05, 3.63) is 176 Å². The van der Waals surface area contributed by atoms with Gasteiger partial charge in [0.05, 0.1) is 23.6 Å². The number of hydrogen-bond donors (Lipinski definition) is 0. The second-order valence-electron chi connectivity index (χ2n) is 11.4. The number of nitrogens with zero attached hydrogens (tertiary/aromatic N) is 3. The molecule has 0 bridgehead atoms. The molecule has 9 aromatic rings. The molecule has 0 radical (unpaired) electrons. The first kappa shape index (κ1) is 22.2. The molecule has 0 fully saturated rings. The van der Waals surface area contributed by atoms with Gasteiger partial charge >= 0.3 is 0 Å². The highest BCUT2D eigenvalue weighted by Gasteiger charge is 2.20. The van der Waals surface area contributed by atoms with Crippen LogP contribution in [0.3, 0.4) is 0 Å². The van der Waals surface area contributed by atoms with Gasteiger partial charge in [-0.15, -0.1) is 0 Å². The normalized spacial score (nSPS) is 12.9. The van der Waals surface area contributed by atoms with Gasteiger partial charge in [0, 0.05) is 23.0 Å². The van der Waals surface area contributed by atoms with Crippen molar-refractivity contribution < 1.29 is 6.85 Å². The highest BCUT2D eigenvalue weighted by atomic mass is 15.1. The van der Waals surface area contributed by atoms with Crippen LogP contribution >= 0.6 is 0 Å². The number of aromatic nitrogens is 3. The average Bonchev–Trinajstić information content (AvgIpc) is 3.58. The molecule has 0 amide bonds. The van der Waals surface area contributed by atoms with Crippen LogP contribution in [0.4, 0.5) is 0 Å². The predicted molar refractivity (Wildman–Crippen MR) is 196 cm³/mol. The lowest BCUT2D eigenvalue weighted by Gasteiger charge is -2.19. The monoisotopic (exact) mass is 604 g/mol. The fourth-order valence-corrected chi connectivity index (χ4v) is 6.79. The van der Waals surface area contributed by atoms with Gasteiger partial charge in [-0.2, -0.15) is 0 Å². The maximum Gasteiger partial charge on any atom is 0.145 e. The zero-order valence-electron chi connectivity index (χ0n) is 30.2. The van der Waals surface area contributed by atoms with E-state index in [0.717, 1.165) is 60.6 Å². The van der Waals surface area contributed by atoms with Crippen molar-refractivity contribution in [2.45, 2.75) is 0 Å². The molecule has 7 aromatic carbocycles. The Hall–Kier alpha value is -6.32. The number of benzene rings is 7. The first-order valence-corrected chi connectivity index (χ1v) is 15.5. The molecular weight excluding hydrogens is 571 g/mol. The number of fused-ring (bicyclic) bond motifs is 3.